The van der Waals surface area contributed by atoms with Gasteiger partial charge in [0.05, 0.1) is 25.4 Å². The molecule has 0 saturated heterocycles. The molecule has 1 amide bonds. The lowest BCUT2D eigenvalue weighted by Gasteiger charge is -2.20. The maximum absolute atomic E-state index is 12.5. The van der Waals surface area contributed by atoms with Crippen molar-refractivity contribution in [3.05, 3.63) is 36.5 Å². The molecule has 0 heterocycles. The van der Waals surface area contributed by atoms with Gasteiger partial charge in [0.25, 0.3) is 0 Å². The molecule has 0 aromatic heterocycles. The molecule has 0 fully saturated rings. The van der Waals surface area contributed by atoms with Crippen molar-refractivity contribution in [1.82, 2.24) is 5.32 Å². The van der Waals surface area contributed by atoms with Crippen LogP contribution >= 0.6 is 0 Å². The van der Waals surface area contributed by atoms with Crippen molar-refractivity contribution in [2.75, 3.05) is 13.2 Å². The van der Waals surface area contributed by atoms with Crippen LogP contribution in [0, 0.1) is 0 Å². The maximum Gasteiger partial charge on any atom is 0.305 e. The smallest absolute Gasteiger partial charge is 0.305 e. The number of esters is 1. The summed E-state index contributed by atoms with van der Waals surface area (Å²) in [5.74, 6) is -0.0880. The summed E-state index contributed by atoms with van der Waals surface area (Å²) in [6, 6.07) is -0.636. The van der Waals surface area contributed by atoms with E-state index >= 15 is 0 Å². The van der Waals surface area contributed by atoms with Crippen LogP contribution in [0.4, 0.5) is 0 Å². The van der Waals surface area contributed by atoms with Crippen molar-refractivity contribution in [3.63, 3.8) is 0 Å². The van der Waals surface area contributed by atoms with E-state index in [1.807, 2.05) is 6.08 Å². The SMILES string of the molecule is CCCCCCCCCCCCCCCC/C=C/C(O)C(CO)NC(=O)CCCCCCCCCCCC/C=C\C=C/CCCCCOC(=O)CCCCCCCCCCCCCCCCC. The number of carbonyl (C=O) groups is 2. The molecule has 2 atom stereocenters. The second kappa shape index (κ2) is 56.7. The van der Waals surface area contributed by atoms with Crippen molar-refractivity contribution in [1.29, 1.82) is 0 Å². The molecule has 0 bridgehead atoms. The van der Waals surface area contributed by atoms with E-state index in [9.17, 15) is 19.8 Å². The van der Waals surface area contributed by atoms with Gasteiger partial charge in [0.15, 0.2) is 0 Å². The van der Waals surface area contributed by atoms with E-state index in [0.29, 0.717) is 19.4 Å². The molecule has 3 N–H and O–H groups in total. The van der Waals surface area contributed by atoms with Gasteiger partial charge in [-0.2, -0.15) is 0 Å². The van der Waals surface area contributed by atoms with Crippen LogP contribution in [0.1, 0.15) is 316 Å². The van der Waals surface area contributed by atoms with Gasteiger partial charge >= 0.3 is 5.97 Å². The lowest BCUT2D eigenvalue weighted by atomic mass is 10.0. The summed E-state index contributed by atoms with van der Waals surface area (Å²) in [6.07, 6.45) is 70.3. The summed E-state index contributed by atoms with van der Waals surface area (Å²) >= 11 is 0. The fourth-order valence-electron chi connectivity index (χ4n) is 9.10. The van der Waals surface area contributed by atoms with Gasteiger partial charge in [-0.1, -0.05) is 275 Å². The Morgan fingerprint density at radius 3 is 1.10 bits per heavy atom. The third-order valence-electron chi connectivity index (χ3n) is 13.7. The number of amides is 1. The van der Waals surface area contributed by atoms with E-state index in [0.717, 1.165) is 77.0 Å². The topological polar surface area (TPSA) is 95.9 Å². The fraction of sp³-hybridized carbons (Fsp3) is 0.869. The highest BCUT2D eigenvalue weighted by Crippen LogP contribution is 2.17. The van der Waals surface area contributed by atoms with Gasteiger partial charge in [-0.05, 0) is 64.2 Å². The molecule has 0 spiro atoms. The zero-order chi connectivity index (χ0) is 48.6. The third-order valence-corrected chi connectivity index (χ3v) is 13.7. The van der Waals surface area contributed by atoms with Crippen LogP contribution in [0.5, 0.6) is 0 Å². The number of aliphatic hydroxyl groups is 2. The summed E-state index contributed by atoms with van der Waals surface area (Å²) in [7, 11) is 0. The normalized spacial score (nSPS) is 12.8. The average molecular weight is 943 g/mol. The standard InChI is InChI=1S/C61H115NO5/c1-3-5-7-9-11-13-15-17-19-26-29-33-37-41-45-49-53-59(64)58(57-63)62-60(65)54-50-46-42-38-34-30-27-23-21-20-22-24-28-32-36-40-44-48-52-56-67-61(66)55-51-47-43-39-35-31-25-18-16-14-12-10-8-6-4-2/h24,28,32,36,49,53,58-59,63-64H,3-23,25-27,29-31,33-35,37-48,50-52,54-57H2,1-2H3,(H,62,65)/b28-24-,36-32-,53-49+. The van der Waals surface area contributed by atoms with Crippen LogP contribution in [-0.4, -0.2) is 47.4 Å². The molecule has 67 heavy (non-hydrogen) atoms. The number of carbonyl (C=O) groups excluding carboxylic acids is 2. The van der Waals surface area contributed by atoms with Gasteiger partial charge in [-0.25, -0.2) is 0 Å². The molecular weight excluding hydrogens is 827 g/mol. The summed E-state index contributed by atoms with van der Waals surface area (Å²) in [5.41, 5.74) is 0. The Labute approximate surface area is 417 Å². The Morgan fingerprint density at radius 2 is 0.731 bits per heavy atom. The number of aliphatic hydroxyl groups excluding tert-OH is 2. The van der Waals surface area contributed by atoms with Crippen molar-refractivity contribution in [2.24, 2.45) is 0 Å². The zero-order valence-electron chi connectivity index (χ0n) is 44.9. The predicted octanol–water partition coefficient (Wildman–Crippen LogP) is 18.4. The van der Waals surface area contributed by atoms with Crippen molar-refractivity contribution >= 4 is 11.9 Å². The monoisotopic (exact) mass is 942 g/mol. The molecule has 0 aliphatic heterocycles. The lowest BCUT2D eigenvalue weighted by molar-refractivity contribution is -0.143. The molecule has 6 heteroatoms. The van der Waals surface area contributed by atoms with Crippen molar-refractivity contribution in [3.8, 4) is 0 Å². The van der Waals surface area contributed by atoms with E-state index < -0.39 is 12.1 Å². The zero-order valence-corrected chi connectivity index (χ0v) is 44.9. The van der Waals surface area contributed by atoms with E-state index in [4.69, 9.17) is 4.74 Å². The minimum atomic E-state index is -0.851. The number of ether oxygens (including phenoxy) is 1. The first-order chi connectivity index (χ1) is 33.0. The van der Waals surface area contributed by atoms with Crippen LogP contribution in [0.3, 0.4) is 0 Å². The number of unbranched alkanes of at least 4 members (excludes halogenated alkanes) is 41. The van der Waals surface area contributed by atoms with Crippen LogP contribution in [0.25, 0.3) is 0 Å². The molecule has 6 nitrogen and oxygen atoms in total. The largest absolute Gasteiger partial charge is 0.466 e. The van der Waals surface area contributed by atoms with Crippen LogP contribution in [0.2, 0.25) is 0 Å². The number of nitrogens with one attached hydrogen (secondary N) is 1. The summed E-state index contributed by atoms with van der Waals surface area (Å²) < 4.78 is 5.46. The van der Waals surface area contributed by atoms with Gasteiger partial charge < -0.3 is 20.3 Å². The number of rotatable bonds is 55. The van der Waals surface area contributed by atoms with Crippen molar-refractivity contribution in [2.45, 2.75) is 328 Å². The van der Waals surface area contributed by atoms with E-state index in [-0.39, 0.29) is 18.5 Å². The Kier molecular flexibility index (Phi) is 55.0. The molecule has 394 valence electrons. The summed E-state index contributed by atoms with van der Waals surface area (Å²) in [4.78, 5) is 24.5. The Bertz CT molecular complexity index is 1090. The Balaban J connectivity index is 3.50. The maximum atomic E-state index is 12.5. The van der Waals surface area contributed by atoms with E-state index in [1.165, 1.54) is 212 Å². The highest BCUT2D eigenvalue weighted by atomic mass is 16.5. The van der Waals surface area contributed by atoms with Gasteiger partial charge in [-0.3, -0.25) is 9.59 Å². The first-order valence-electron chi connectivity index (χ1n) is 29.8. The van der Waals surface area contributed by atoms with Gasteiger partial charge in [0.1, 0.15) is 0 Å². The second-order valence-electron chi connectivity index (χ2n) is 20.4. The van der Waals surface area contributed by atoms with Gasteiger partial charge in [0.2, 0.25) is 5.91 Å². The molecule has 0 saturated carbocycles. The van der Waals surface area contributed by atoms with Crippen LogP contribution in [0.15, 0.2) is 36.5 Å². The molecule has 0 radical (unpaired) electrons. The third kappa shape index (κ3) is 53.3. The molecule has 0 aromatic carbocycles. The molecule has 0 aliphatic carbocycles. The predicted molar refractivity (Wildman–Crippen MR) is 292 cm³/mol. The minimum absolute atomic E-state index is 0.0113. The van der Waals surface area contributed by atoms with Crippen LogP contribution in [-0.2, 0) is 14.3 Å². The van der Waals surface area contributed by atoms with Gasteiger partial charge in [-0.15, -0.1) is 0 Å². The molecule has 0 rings (SSSR count). The highest BCUT2D eigenvalue weighted by Gasteiger charge is 2.18. The van der Waals surface area contributed by atoms with Crippen molar-refractivity contribution < 1.29 is 24.5 Å². The first-order valence-corrected chi connectivity index (χ1v) is 29.8. The Morgan fingerprint density at radius 1 is 0.418 bits per heavy atom. The number of hydrogen-bond acceptors (Lipinski definition) is 5. The quantitative estimate of drug-likeness (QED) is 0.0244. The molecule has 0 aromatic rings. The average Bonchev–Trinajstić information content (AvgIpc) is 3.33. The van der Waals surface area contributed by atoms with Gasteiger partial charge in [0, 0.05) is 12.8 Å². The number of hydrogen-bond donors (Lipinski definition) is 3. The molecular formula is C61H115NO5. The highest BCUT2D eigenvalue weighted by molar-refractivity contribution is 5.76. The lowest BCUT2D eigenvalue weighted by Crippen LogP contribution is -2.45. The summed E-state index contributed by atoms with van der Waals surface area (Å²) in [5, 5.41) is 23.1. The van der Waals surface area contributed by atoms with E-state index in [2.05, 4.69) is 43.5 Å². The summed E-state index contributed by atoms with van der Waals surface area (Å²) in [6.45, 7) is 4.88. The second-order valence-corrected chi connectivity index (χ2v) is 20.4. The minimum Gasteiger partial charge on any atom is -0.466 e. The molecule has 2 unspecified atom stereocenters. The van der Waals surface area contributed by atoms with Crippen LogP contribution < -0.4 is 5.32 Å². The Hall–Kier alpha value is -1.92. The fourth-order valence-corrected chi connectivity index (χ4v) is 9.10. The number of allylic oxidation sites excluding steroid dienone is 5. The molecule has 0 aliphatic rings. The van der Waals surface area contributed by atoms with E-state index in [1.54, 1.807) is 6.08 Å². The first kappa shape index (κ1) is 65.1.